The molecule has 7 nitrogen and oxygen atoms in total. The number of esters is 1. The molecule has 0 aliphatic carbocycles. The summed E-state index contributed by atoms with van der Waals surface area (Å²) in [6, 6.07) is 16.1. The molecule has 34 heavy (non-hydrogen) atoms. The number of benzene rings is 2. The lowest BCUT2D eigenvalue weighted by atomic mass is 10.0. The van der Waals surface area contributed by atoms with E-state index in [1.54, 1.807) is 0 Å². The van der Waals surface area contributed by atoms with Crippen LogP contribution in [0.3, 0.4) is 0 Å². The topological polar surface area (TPSA) is 72.5 Å². The maximum Gasteiger partial charge on any atom is 0.330 e. The van der Waals surface area contributed by atoms with Crippen LogP contribution in [0.15, 0.2) is 61.2 Å². The summed E-state index contributed by atoms with van der Waals surface area (Å²) in [4.78, 5) is 10.9. The van der Waals surface area contributed by atoms with Gasteiger partial charge in [0.2, 0.25) is 0 Å². The monoisotopic (exact) mass is 472 g/mol. The Bertz CT molecular complexity index is 803. The number of ether oxygens (including phenoxy) is 6. The molecule has 0 saturated carbocycles. The van der Waals surface area contributed by atoms with E-state index in [9.17, 15) is 4.79 Å². The molecular formula is C27H36O7. The fourth-order valence-electron chi connectivity index (χ4n) is 2.91. The lowest BCUT2D eigenvalue weighted by molar-refractivity contribution is -0.139. The Hall–Kier alpha value is -2.87. The number of carbonyl (C=O) groups excluding carboxylic acids is 1. The third-order valence-electron chi connectivity index (χ3n) is 4.61. The smallest absolute Gasteiger partial charge is 0.330 e. The third kappa shape index (κ3) is 12.4. The van der Waals surface area contributed by atoms with E-state index >= 15 is 0 Å². The van der Waals surface area contributed by atoms with Crippen LogP contribution in [0.1, 0.15) is 24.5 Å². The van der Waals surface area contributed by atoms with Gasteiger partial charge in [0.05, 0.1) is 33.0 Å². The fraction of sp³-hybridized carbons (Fsp3) is 0.444. The van der Waals surface area contributed by atoms with Gasteiger partial charge in [-0.1, -0.05) is 37.8 Å². The molecule has 0 aliphatic rings. The van der Waals surface area contributed by atoms with E-state index in [4.69, 9.17) is 28.4 Å². The predicted molar refractivity (Wildman–Crippen MR) is 131 cm³/mol. The Balaban J connectivity index is 1.58. The van der Waals surface area contributed by atoms with Gasteiger partial charge >= 0.3 is 5.97 Å². The van der Waals surface area contributed by atoms with E-state index in [2.05, 4.69) is 37.8 Å². The predicted octanol–water partition coefficient (Wildman–Crippen LogP) is 4.22. The van der Waals surface area contributed by atoms with Crippen molar-refractivity contribution in [2.45, 2.75) is 19.8 Å². The Morgan fingerprint density at radius 1 is 0.676 bits per heavy atom. The van der Waals surface area contributed by atoms with Crippen molar-refractivity contribution in [1.82, 2.24) is 0 Å². The second-order valence-corrected chi connectivity index (χ2v) is 7.37. The molecule has 0 heterocycles. The van der Waals surface area contributed by atoms with E-state index < -0.39 is 5.97 Å². The van der Waals surface area contributed by atoms with Crippen molar-refractivity contribution >= 4 is 5.97 Å². The summed E-state index contributed by atoms with van der Waals surface area (Å²) in [5, 5.41) is 0. The molecule has 0 aromatic heterocycles. The second kappa shape index (κ2) is 17.6. The van der Waals surface area contributed by atoms with Gasteiger partial charge in [0.25, 0.3) is 0 Å². The van der Waals surface area contributed by atoms with E-state index in [1.165, 1.54) is 11.1 Å². The minimum absolute atomic E-state index is 0.204. The van der Waals surface area contributed by atoms with Gasteiger partial charge < -0.3 is 28.4 Å². The lowest BCUT2D eigenvalue weighted by Crippen LogP contribution is -2.12. The van der Waals surface area contributed by atoms with Crippen LogP contribution in [0, 0.1) is 0 Å². The fourth-order valence-corrected chi connectivity index (χ4v) is 2.91. The maximum absolute atomic E-state index is 10.9. The van der Waals surface area contributed by atoms with Crippen molar-refractivity contribution in [2.75, 3.05) is 59.5 Å². The SMILES string of the molecule is C=CC(=O)OCCOCCOc1ccc(Cc2ccc(OCCOCCOCCC)cc2)cc1. The van der Waals surface area contributed by atoms with Gasteiger partial charge in [0, 0.05) is 12.7 Å². The zero-order valence-electron chi connectivity index (χ0n) is 20.0. The molecule has 0 radical (unpaired) electrons. The first-order valence-corrected chi connectivity index (χ1v) is 11.7. The van der Waals surface area contributed by atoms with Gasteiger partial charge in [-0.25, -0.2) is 4.79 Å². The highest BCUT2D eigenvalue weighted by Gasteiger charge is 2.01. The molecule has 0 aliphatic heterocycles. The van der Waals surface area contributed by atoms with E-state index in [0.29, 0.717) is 46.2 Å². The number of hydrogen-bond donors (Lipinski definition) is 0. The van der Waals surface area contributed by atoms with Crippen molar-refractivity contribution < 1.29 is 33.2 Å². The summed E-state index contributed by atoms with van der Waals surface area (Å²) in [5.41, 5.74) is 2.40. The first-order valence-electron chi connectivity index (χ1n) is 11.7. The van der Waals surface area contributed by atoms with Gasteiger partial charge in [-0.15, -0.1) is 0 Å². The van der Waals surface area contributed by atoms with Crippen molar-refractivity contribution in [3.63, 3.8) is 0 Å². The highest BCUT2D eigenvalue weighted by molar-refractivity contribution is 5.81. The Labute approximate surface area is 202 Å². The maximum atomic E-state index is 10.9. The minimum atomic E-state index is -0.450. The van der Waals surface area contributed by atoms with E-state index in [-0.39, 0.29) is 6.61 Å². The lowest BCUT2D eigenvalue weighted by Gasteiger charge is -2.09. The molecule has 0 unspecified atom stereocenters. The van der Waals surface area contributed by atoms with Crippen molar-refractivity contribution in [1.29, 1.82) is 0 Å². The minimum Gasteiger partial charge on any atom is -0.491 e. The molecule has 0 fully saturated rings. The van der Waals surface area contributed by atoms with Crippen molar-refractivity contribution in [3.05, 3.63) is 72.3 Å². The Morgan fingerprint density at radius 2 is 1.12 bits per heavy atom. The van der Waals surface area contributed by atoms with Crippen molar-refractivity contribution in [3.8, 4) is 11.5 Å². The molecule has 2 aromatic rings. The molecule has 2 aromatic carbocycles. The van der Waals surface area contributed by atoms with Crippen LogP contribution < -0.4 is 9.47 Å². The van der Waals surface area contributed by atoms with Crippen LogP contribution in [0.4, 0.5) is 0 Å². The highest BCUT2D eigenvalue weighted by Crippen LogP contribution is 2.18. The van der Waals surface area contributed by atoms with Crippen molar-refractivity contribution in [2.24, 2.45) is 0 Å². The average molecular weight is 473 g/mol. The zero-order valence-corrected chi connectivity index (χ0v) is 20.0. The molecule has 0 bridgehead atoms. The number of rotatable bonds is 19. The molecule has 0 N–H and O–H groups in total. The third-order valence-corrected chi connectivity index (χ3v) is 4.61. The first-order chi connectivity index (χ1) is 16.7. The van der Waals surface area contributed by atoms with Gasteiger partial charge in [-0.2, -0.15) is 0 Å². The van der Waals surface area contributed by atoms with E-state index in [0.717, 1.165) is 37.0 Å². The largest absolute Gasteiger partial charge is 0.491 e. The molecule has 0 spiro atoms. The summed E-state index contributed by atoms with van der Waals surface area (Å²) in [5.74, 6) is 1.17. The molecule has 0 amide bonds. The summed E-state index contributed by atoms with van der Waals surface area (Å²) >= 11 is 0. The first kappa shape index (κ1) is 27.4. The quantitative estimate of drug-likeness (QED) is 0.172. The number of carbonyl (C=O) groups is 1. The van der Waals surface area contributed by atoms with E-state index in [1.807, 2.05) is 24.3 Å². The second-order valence-electron chi connectivity index (χ2n) is 7.37. The molecular weight excluding hydrogens is 436 g/mol. The molecule has 0 atom stereocenters. The summed E-state index contributed by atoms with van der Waals surface area (Å²) in [7, 11) is 0. The van der Waals surface area contributed by atoms with Crippen LogP contribution in [-0.2, 0) is 30.2 Å². The van der Waals surface area contributed by atoms with Crippen LogP contribution in [0.5, 0.6) is 11.5 Å². The highest BCUT2D eigenvalue weighted by atomic mass is 16.6. The van der Waals surface area contributed by atoms with Gasteiger partial charge in [-0.3, -0.25) is 0 Å². The molecule has 7 heteroatoms. The molecule has 2 rings (SSSR count). The van der Waals surface area contributed by atoms with Crippen LogP contribution >= 0.6 is 0 Å². The van der Waals surface area contributed by atoms with Crippen LogP contribution in [0.2, 0.25) is 0 Å². The van der Waals surface area contributed by atoms with Crippen LogP contribution in [0.25, 0.3) is 0 Å². The van der Waals surface area contributed by atoms with Crippen LogP contribution in [-0.4, -0.2) is 65.4 Å². The summed E-state index contributed by atoms with van der Waals surface area (Å²) in [6.45, 7) is 9.85. The number of hydrogen-bond acceptors (Lipinski definition) is 7. The Kier molecular flexibility index (Phi) is 14.2. The Morgan fingerprint density at radius 3 is 1.59 bits per heavy atom. The molecule has 0 saturated heterocycles. The summed E-state index contributed by atoms with van der Waals surface area (Å²) < 4.78 is 32.4. The van der Waals surface area contributed by atoms with Gasteiger partial charge in [0.1, 0.15) is 31.3 Å². The van der Waals surface area contributed by atoms with Gasteiger partial charge in [-0.05, 0) is 48.2 Å². The normalized spacial score (nSPS) is 10.6. The standard InChI is InChI=1S/C27H36O7/c1-3-13-29-14-15-30-16-19-32-25-9-5-23(6-10-25)22-24-7-11-26(12-8-24)33-20-17-31-18-21-34-27(28)4-2/h4-12H,2-3,13-22H2,1H3. The zero-order chi connectivity index (χ0) is 24.3. The molecule has 186 valence electrons. The average Bonchev–Trinajstić information content (AvgIpc) is 2.87. The summed E-state index contributed by atoms with van der Waals surface area (Å²) in [6.07, 6.45) is 2.98. The van der Waals surface area contributed by atoms with Gasteiger partial charge in [0.15, 0.2) is 0 Å².